The molecule has 0 aliphatic heterocycles. The summed E-state index contributed by atoms with van der Waals surface area (Å²) in [6, 6.07) is 14.7. The van der Waals surface area contributed by atoms with Crippen LogP contribution in [0, 0.1) is 6.92 Å². The number of carbonyl (C=O) groups is 2. The Morgan fingerprint density at radius 1 is 1.03 bits per heavy atom. The van der Waals surface area contributed by atoms with Crippen LogP contribution in [0.15, 0.2) is 70.4 Å². The van der Waals surface area contributed by atoms with Crippen LogP contribution in [0.25, 0.3) is 22.3 Å². The molecule has 38 heavy (non-hydrogen) atoms. The first-order valence-electron chi connectivity index (χ1n) is 11.8. The number of nitrogens with one attached hydrogen (secondary N) is 1. The Bertz CT molecular complexity index is 1840. The molecule has 2 amide bonds. The van der Waals surface area contributed by atoms with Crippen molar-refractivity contribution < 1.29 is 9.59 Å². The zero-order chi connectivity index (χ0) is 27.1. The molecule has 0 atom stereocenters. The van der Waals surface area contributed by atoms with Gasteiger partial charge in [0, 0.05) is 31.0 Å². The standard InChI is InChI=1S/C26H24N8O4/c1-4-32-22-20(12-13-28-21(22)24(36)29-17-7-5-6-16(14-17)23(27)35)25(37)34(32)19-10-8-18(9-11-19)33-15(2)30-31(3)26(33)38/h5-14H,4H2,1-3H3,(H2,27,35)(H,29,36). The Hall–Kier alpha value is -5.26. The summed E-state index contributed by atoms with van der Waals surface area (Å²) in [6.45, 7) is 3.95. The van der Waals surface area contributed by atoms with Crippen molar-refractivity contribution in [2.45, 2.75) is 20.4 Å². The first kappa shape index (κ1) is 24.4. The zero-order valence-electron chi connectivity index (χ0n) is 20.9. The number of aryl methyl sites for hydroxylation is 3. The van der Waals surface area contributed by atoms with E-state index in [1.165, 1.54) is 26.2 Å². The quantitative estimate of drug-likeness (QED) is 0.354. The first-order chi connectivity index (χ1) is 18.2. The average Bonchev–Trinajstić information content (AvgIpc) is 3.34. The lowest BCUT2D eigenvalue weighted by Gasteiger charge is -2.13. The number of amides is 2. The average molecular weight is 513 g/mol. The van der Waals surface area contributed by atoms with Gasteiger partial charge in [-0.2, -0.15) is 5.10 Å². The van der Waals surface area contributed by atoms with Crippen molar-refractivity contribution in [2.24, 2.45) is 12.8 Å². The summed E-state index contributed by atoms with van der Waals surface area (Å²) in [6.07, 6.45) is 1.41. The molecule has 5 aromatic rings. The van der Waals surface area contributed by atoms with Gasteiger partial charge in [-0.15, -0.1) is 0 Å². The number of hydrogen-bond acceptors (Lipinski definition) is 6. The van der Waals surface area contributed by atoms with Gasteiger partial charge in [-0.05, 0) is 62.4 Å². The molecule has 3 aromatic heterocycles. The van der Waals surface area contributed by atoms with Gasteiger partial charge >= 0.3 is 5.69 Å². The number of carbonyl (C=O) groups excluding carboxylic acids is 2. The number of benzene rings is 2. The van der Waals surface area contributed by atoms with Crippen LogP contribution in [0.3, 0.4) is 0 Å². The largest absolute Gasteiger partial charge is 0.366 e. The molecule has 12 nitrogen and oxygen atoms in total. The van der Waals surface area contributed by atoms with Gasteiger partial charge in [0.25, 0.3) is 11.5 Å². The number of nitrogens with two attached hydrogens (primary N) is 1. The lowest BCUT2D eigenvalue weighted by molar-refractivity contribution is 0.0995. The molecule has 5 rings (SSSR count). The van der Waals surface area contributed by atoms with Crippen LogP contribution in [-0.2, 0) is 13.6 Å². The fraction of sp³-hybridized carbons (Fsp3) is 0.154. The van der Waals surface area contributed by atoms with Crippen molar-refractivity contribution in [3.05, 3.63) is 98.7 Å². The summed E-state index contributed by atoms with van der Waals surface area (Å²) in [7, 11) is 1.58. The molecule has 12 heteroatoms. The molecule has 0 fully saturated rings. The maximum atomic E-state index is 13.5. The van der Waals surface area contributed by atoms with Gasteiger partial charge < -0.3 is 11.1 Å². The highest BCUT2D eigenvalue weighted by Crippen LogP contribution is 2.21. The number of nitrogens with zero attached hydrogens (tertiary/aromatic N) is 6. The van der Waals surface area contributed by atoms with Crippen molar-refractivity contribution in [3.8, 4) is 11.4 Å². The molecule has 2 aromatic carbocycles. The van der Waals surface area contributed by atoms with Gasteiger partial charge in [-0.3, -0.25) is 19.1 Å². The molecule has 3 heterocycles. The van der Waals surface area contributed by atoms with Gasteiger partial charge in [-0.1, -0.05) is 6.07 Å². The Kier molecular flexibility index (Phi) is 5.99. The number of pyridine rings is 1. The van der Waals surface area contributed by atoms with Crippen LogP contribution in [0.4, 0.5) is 5.69 Å². The maximum Gasteiger partial charge on any atom is 0.350 e. The Morgan fingerprint density at radius 3 is 2.37 bits per heavy atom. The molecule has 3 N–H and O–H groups in total. The van der Waals surface area contributed by atoms with E-state index >= 15 is 0 Å². The summed E-state index contributed by atoms with van der Waals surface area (Å²) in [5, 5.41) is 7.20. The van der Waals surface area contributed by atoms with E-state index in [4.69, 9.17) is 5.73 Å². The number of rotatable bonds is 6. The van der Waals surface area contributed by atoms with Crippen molar-refractivity contribution in [2.75, 3.05) is 5.32 Å². The van der Waals surface area contributed by atoms with Crippen molar-refractivity contribution in [3.63, 3.8) is 0 Å². The Morgan fingerprint density at radius 2 is 1.74 bits per heavy atom. The van der Waals surface area contributed by atoms with E-state index in [0.717, 1.165) is 0 Å². The molecule has 192 valence electrons. The number of fused-ring (bicyclic) bond motifs is 1. The highest BCUT2D eigenvalue weighted by Gasteiger charge is 2.22. The van der Waals surface area contributed by atoms with E-state index in [1.54, 1.807) is 67.2 Å². The molecule has 0 bridgehead atoms. The van der Waals surface area contributed by atoms with Crippen LogP contribution in [0.5, 0.6) is 0 Å². The lowest BCUT2D eigenvalue weighted by Crippen LogP contribution is -2.23. The van der Waals surface area contributed by atoms with Crippen LogP contribution >= 0.6 is 0 Å². The molecule has 0 radical (unpaired) electrons. The zero-order valence-corrected chi connectivity index (χ0v) is 20.9. The lowest BCUT2D eigenvalue weighted by atomic mass is 10.2. The van der Waals surface area contributed by atoms with Gasteiger partial charge in [0.1, 0.15) is 11.3 Å². The number of hydrogen-bond donors (Lipinski definition) is 2. The van der Waals surface area contributed by atoms with E-state index < -0.39 is 11.8 Å². The van der Waals surface area contributed by atoms with Gasteiger partial charge in [0.2, 0.25) is 5.91 Å². The first-order valence-corrected chi connectivity index (χ1v) is 11.8. The highest BCUT2D eigenvalue weighted by molar-refractivity contribution is 6.10. The van der Waals surface area contributed by atoms with E-state index in [0.29, 0.717) is 40.3 Å². The van der Waals surface area contributed by atoms with Crippen LogP contribution in [-0.4, -0.2) is 40.5 Å². The minimum atomic E-state index is -0.618. The fourth-order valence-corrected chi connectivity index (χ4v) is 4.50. The second kappa shape index (κ2) is 9.32. The molecular weight excluding hydrogens is 488 g/mol. The summed E-state index contributed by atoms with van der Waals surface area (Å²) in [5.74, 6) is -0.626. The number of primary amides is 1. The third kappa shape index (κ3) is 3.97. The second-order valence-corrected chi connectivity index (χ2v) is 8.59. The molecule has 0 saturated heterocycles. The van der Waals surface area contributed by atoms with Crippen molar-refractivity contribution in [1.29, 1.82) is 0 Å². The maximum absolute atomic E-state index is 13.5. The van der Waals surface area contributed by atoms with Gasteiger partial charge in [0.15, 0.2) is 5.69 Å². The molecule has 0 saturated carbocycles. The SMILES string of the molecule is CCn1c2c(C(=O)Nc3cccc(C(N)=O)c3)nccc2c(=O)n1-c1ccc(-n2c(C)nn(C)c2=O)cc1. The Labute approximate surface area is 215 Å². The molecule has 0 unspecified atom stereocenters. The summed E-state index contributed by atoms with van der Waals surface area (Å²) < 4.78 is 5.88. The summed E-state index contributed by atoms with van der Waals surface area (Å²) in [4.78, 5) is 55.0. The third-order valence-electron chi connectivity index (χ3n) is 6.21. The third-order valence-corrected chi connectivity index (χ3v) is 6.21. The fourth-order valence-electron chi connectivity index (χ4n) is 4.50. The topological polar surface area (TPSA) is 152 Å². The predicted octanol–water partition coefficient (Wildman–Crippen LogP) is 1.75. The minimum absolute atomic E-state index is 0.0545. The van der Waals surface area contributed by atoms with E-state index in [1.807, 2.05) is 6.92 Å². The van der Waals surface area contributed by atoms with Crippen LogP contribution < -0.4 is 22.3 Å². The molecular formula is C26H24N8O4. The van der Waals surface area contributed by atoms with E-state index in [2.05, 4.69) is 15.4 Å². The van der Waals surface area contributed by atoms with Crippen LogP contribution in [0.2, 0.25) is 0 Å². The molecule has 0 aliphatic rings. The smallest absolute Gasteiger partial charge is 0.350 e. The van der Waals surface area contributed by atoms with E-state index in [9.17, 15) is 19.2 Å². The monoisotopic (exact) mass is 512 g/mol. The summed E-state index contributed by atoms with van der Waals surface area (Å²) in [5.41, 5.74) is 6.93. The van der Waals surface area contributed by atoms with Crippen molar-refractivity contribution in [1.82, 2.24) is 28.7 Å². The van der Waals surface area contributed by atoms with Crippen molar-refractivity contribution >= 4 is 28.4 Å². The molecule has 0 spiro atoms. The highest BCUT2D eigenvalue weighted by atomic mass is 16.2. The number of aromatic nitrogens is 6. The summed E-state index contributed by atoms with van der Waals surface area (Å²) >= 11 is 0. The normalized spacial score (nSPS) is 11.1. The van der Waals surface area contributed by atoms with E-state index in [-0.39, 0.29) is 22.5 Å². The van der Waals surface area contributed by atoms with Crippen LogP contribution in [0.1, 0.15) is 33.6 Å². The number of anilines is 1. The Balaban J connectivity index is 1.59. The van der Waals surface area contributed by atoms with Gasteiger partial charge in [-0.25, -0.2) is 23.7 Å². The van der Waals surface area contributed by atoms with Gasteiger partial charge in [0.05, 0.1) is 16.8 Å². The second-order valence-electron chi connectivity index (χ2n) is 8.59. The minimum Gasteiger partial charge on any atom is -0.366 e. The molecule has 0 aliphatic carbocycles. The predicted molar refractivity (Wildman–Crippen MR) is 141 cm³/mol.